The molecule has 0 aliphatic carbocycles. The van der Waals surface area contributed by atoms with Crippen LogP contribution in [0.15, 0.2) is 49.2 Å². The SMILES string of the molecule is C=CCC1C(=O)Cn2c1cnc2C(C)NC(=O)OCc1ccccc1. The van der Waals surface area contributed by atoms with Crippen LogP contribution in [0, 0.1) is 0 Å². The van der Waals surface area contributed by atoms with Crippen molar-refractivity contribution in [2.75, 3.05) is 0 Å². The van der Waals surface area contributed by atoms with E-state index in [2.05, 4.69) is 16.9 Å². The van der Waals surface area contributed by atoms with E-state index in [-0.39, 0.29) is 30.9 Å². The van der Waals surface area contributed by atoms with Crippen LogP contribution in [0.1, 0.15) is 42.4 Å². The quantitative estimate of drug-likeness (QED) is 0.821. The van der Waals surface area contributed by atoms with E-state index in [1.165, 1.54) is 0 Å². The summed E-state index contributed by atoms with van der Waals surface area (Å²) in [6, 6.07) is 9.12. The Morgan fingerprint density at radius 2 is 2.24 bits per heavy atom. The number of nitrogens with one attached hydrogen (secondary N) is 1. The molecule has 1 aromatic carbocycles. The van der Waals surface area contributed by atoms with Gasteiger partial charge in [-0.3, -0.25) is 4.79 Å². The smallest absolute Gasteiger partial charge is 0.408 e. The molecule has 1 aliphatic heterocycles. The van der Waals surface area contributed by atoms with Crippen molar-refractivity contribution < 1.29 is 14.3 Å². The minimum Gasteiger partial charge on any atom is -0.445 e. The predicted octanol–water partition coefficient (Wildman–Crippen LogP) is 3.11. The fourth-order valence-electron chi connectivity index (χ4n) is 3.06. The monoisotopic (exact) mass is 339 g/mol. The van der Waals surface area contributed by atoms with Gasteiger partial charge in [-0.25, -0.2) is 9.78 Å². The number of hydrogen-bond acceptors (Lipinski definition) is 4. The van der Waals surface area contributed by atoms with E-state index in [1.807, 2.05) is 41.8 Å². The highest BCUT2D eigenvalue weighted by Gasteiger charge is 2.33. The number of Topliss-reactive ketones (excluding diaryl/α,β-unsaturated/α-hetero) is 1. The first kappa shape index (κ1) is 17.0. The zero-order valence-corrected chi connectivity index (χ0v) is 14.1. The number of fused-ring (bicyclic) bond motifs is 1. The molecule has 1 aliphatic rings. The van der Waals surface area contributed by atoms with Crippen LogP contribution in [0.25, 0.3) is 0 Å². The third-order valence-corrected chi connectivity index (χ3v) is 4.31. The fourth-order valence-corrected chi connectivity index (χ4v) is 3.06. The molecule has 1 aromatic heterocycles. The Morgan fingerprint density at radius 3 is 2.96 bits per heavy atom. The summed E-state index contributed by atoms with van der Waals surface area (Å²) in [5.41, 5.74) is 1.80. The van der Waals surface area contributed by atoms with Crippen molar-refractivity contribution in [2.24, 2.45) is 0 Å². The Kier molecular flexibility index (Phi) is 4.97. The van der Waals surface area contributed by atoms with Gasteiger partial charge in [0.25, 0.3) is 0 Å². The highest BCUT2D eigenvalue weighted by atomic mass is 16.5. The Labute approximate surface area is 146 Å². The predicted molar refractivity (Wildman–Crippen MR) is 93.0 cm³/mol. The maximum atomic E-state index is 12.1. The lowest BCUT2D eigenvalue weighted by Crippen LogP contribution is -2.29. The molecule has 0 bridgehead atoms. The standard InChI is InChI=1S/C19H21N3O3/c1-3-7-15-16-10-20-18(22(16)11-17(15)23)13(2)21-19(24)25-12-14-8-5-4-6-9-14/h3-6,8-10,13,15H,1,7,11-12H2,2H3,(H,21,24). The molecule has 3 rings (SSSR count). The van der Waals surface area contributed by atoms with Crippen molar-refractivity contribution in [2.45, 2.75) is 38.5 Å². The molecule has 25 heavy (non-hydrogen) atoms. The summed E-state index contributed by atoms with van der Waals surface area (Å²) in [5.74, 6) is 0.625. The number of imidazole rings is 1. The lowest BCUT2D eigenvalue weighted by molar-refractivity contribution is -0.119. The first-order valence-corrected chi connectivity index (χ1v) is 8.26. The lowest BCUT2D eigenvalue weighted by Gasteiger charge is -2.14. The number of nitrogens with zero attached hydrogens (tertiary/aromatic N) is 2. The summed E-state index contributed by atoms with van der Waals surface area (Å²) in [6.07, 6.45) is 3.54. The summed E-state index contributed by atoms with van der Waals surface area (Å²) in [4.78, 5) is 28.5. The van der Waals surface area contributed by atoms with Crippen LogP contribution in [-0.2, 0) is 22.7 Å². The summed E-state index contributed by atoms with van der Waals surface area (Å²) in [6.45, 7) is 6.02. The maximum absolute atomic E-state index is 12.1. The van der Waals surface area contributed by atoms with Crippen LogP contribution in [0.2, 0.25) is 0 Å². The van der Waals surface area contributed by atoms with Crippen molar-refractivity contribution >= 4 is 11.9 Å². The van der Waals surface area contributed by atoms with Gasteiger partial charge in [0, 0.05) is 11.9 Å². The van der Waals surface area contributed by atoms with Crippen molar-refractivity contribution in [1.29, 1.82) is 0 Å². The van der Waals surface area contributed by atoms with Gasteiger partial charge in [-0.1, -0.05) is 36.4 Å². The van der Waals surface area contributed by atoms with Gasteiger partial charge >= 0.3 is 6.09 Å². The molecule has 6 heteroatoms. The number of aromatic nitrogens is 2. The van der Waals surface area contributed by atoms with E-state index >= 15 is 0 Å². The number of alkyl carbamates (subject to hydrolysis) is 1. The van der Waals surface area contributed by atoms with Crippen LogP contribution >= 0.6 is 0 Å². The van der Waals surface area contributed by atoms with Crippen LogP contribution in [0.4, 0.5) is 4.79 Å². The molecule has 2 unspecified atom stereocenters. The zero-order valence-electron chi connectivity index (χ0n) is 14.1. The van der Waals surface area contributed by atoms with E-state index in [4.69, 9.17) is 4.74 Å². The second kappa shape index (κ2) is 7.34. The van der Waals surface area contributed by atoms with Crippen LogP contribution in [0.5, 0.6) is 0 Å². The molecule has 2 heterocycles. The topological polar surface area (TPSA) is 73.2 Å². The van der Waals surface area contributed by atoms with E-state index in [1.54, 1.807) is 12.3 Å². The highest BCUT2D eigenvalue weighted by Crippen LogP contribution is 2.31. The maximum Gasteiger partial charge on any atom is 0.408 e. The van der Waals surface area contributed by atoms with Crippen LogP contribution in [-0.4, -0.2) is 21.4 Å². The minimum atomic E-state index is -0.513. The van der Waals surface area contributed by atoms with Gasteiger partial charge in [-0.15, -0.1) is 6.58 Å². The number of carbonyl (C=O) groups is 2. The van der Waals surface area contributed by atoms with Gasteiger partial charge in [0.2, 0.25) is 0 Å². The number of amides is 1. The first-order valence-electron chi connectivity index (χ1n) is 8.26. The number of rotatable bonds is 6. The molecule has 1 N–H and O–H groups in total. The van der Waals surface area contributed by atoms with Crippen molar-refractivity contribution in [1.82, 2.24) is 14.9 Å². The average Bonchev–Trinajstić information content (AvgIpc) is 3.14. The zero-order chi connectivity index (χ0) is 17.8. The number of carbonyl (C=O) groups excluding carboxylic acids is 2. The average molecular weight is 339 g/mol. The van der Waals surface area contributed by atoms with E-state index in [0.717, 1.165) is 11.3 Å². The minimum absolute atomic E-state index is 0.150. The number of ether oxygens (including phenoxy) is 1. The molecule has 0 fully saturated rings. The summed E-state index contributed by atoms with van der Waals surface area (Å²) >= 11 is 0. The van der Waals surface area contributed by atoms with Crippen molar-refractivity contribution in [3.05, 3.63) is 66.3 Å². The van der Waals surface area contributed by atoms with Gasteiger partial charge in [0.05, 0.1) is 18.5 Å². The normalized spacial score (nSPS) is 17.0. The van der Waals surface area contributed by atoms with Crippen molar-refractivity contribution in [3.63, 3.8) is 0 Å². The Hall–Kier alpha value is -2.89. The lowest BCUT2D eigenvalue weighted by atomic mass is 10.0. The molecule has 1 amide bonds. The largest absolute Gasteiger partial charge is 0.445 e. The molecule has 0 saturated heterocycles. The summed E-state index contributed by atoms with van der Waals surface area (Å²) in [5, 5.41) is 2.77. The second-order valence-corrected chi connectivity index (χ2v) is 6.10. The molecule has 0 radical (unpaired) electrons. The molecule has 0 spiro atoms. The number of benzene rings is 1. The molecule has 6 nitrogen and oxygen atoms in total. The van der Waals surface area contributed by atoms with Gasteiger partial charge in [0.1, 0.15) is 12.4 Å². The van der Waals surface area contributed by atoms with Gasteiger partial charge in [-0.2, -0.15) is 0 Å². The molecular formula is C19H21N3O3. The summed E-state index contributed by atoms with van der Waals surface area (Å²) in [7, 11) is 0. The third kappa shape index (κ3) is 3.63. The molecule has 2 aromatic rings. The van der Waals surface area contributed by atoms with E-state index in [0.29, 0.717) is 12.2 Å². The van der Waals surface area contributed by atoms with E-state index < -0.39 is 6.09 Å². The van der Waals surface area contributed by atoms with Crippen LogP contribution < -0.4 is 5.32 Å². The summed E-state index contributed by atoms with van der Waals surface area (Å²) < 4.78 is 7.10. The fraction of sp³-hybridized carbons (Fsp3) is 0.316. The van der Waals surface area contributed by atoms with Gasteiger partial charge < -0.3 is 14.6 Å². The van der Waals surface area contributed by atoms with E-state index in [9.17, 15) is 9.59 Å². The Balaban J connectivity index is 1.62. The van der Waals surface area contributed by atoms with Crippen LogP contribution in [0.3, 0.4) is 0 Å². The van der Waals surface area contributed by atoms with Crippen molar-refractivity contribution in [3.8, 4) is 0 Å². The highest BCUT2D eigenvalue weighted by molar-refractivity contribution is 5.88. The number of hydrogen-bond donors (Lipinski definition) is 1. The van der Waals surface area contributed by atoms with Gasteiger partial charge in [0.15, 0.2) is 5.78 Å². The Bertz CT molecular complexity index is 782. The molecular weight excluding hydrogens is 318 g/mol. The molecule has 0 saturated carbocycles. The Morgan fingerprint density at radius 1 is 1.48 bits per heavy atom. The molecule has 2 atom stereocenters. The van der Waals surface area contributed by atoms with Gasteiger partial charge in [-0.05, 0) is 18.9 Å². The third-order valence-electron chi connectivity index (χ3n) is 4.31. The number of allylic oxidation sites excluding steroid dienone is 1. The first-order chi connectivity index (χ1) is 12.1. The second-order valence-electron chi connectivity index (χ2n) is 6.10. The molecule has 130 valence electrons. The number of ketones is 1.